The summed E-state index contributed by atoms with van der Waals surface area (Å²) in [6.45, 7) is 4.21. The van der Waals surface area contributed by atoms with Crippen molar-refractivity contribution in [1.29, 1.82) is 0 Å². The summed E-state index contributed by atoms with van der Waals surface area (Å²) in [7, 11) is 0. The second-order valence-electron chi connectivity index (χ2n) is 4.28. The Morgan fingerprint density at radius 1 is 1.38 bits per heavy atom. The molecule has 0 aliphatic carbocycles. The largest absolute Gasteiger partial charge is 0.475 e. The molecule has 0 radical (unpaired) electrons. The van der Waals surface area contributed by atoms with E-state index in [-0.39, 0.29) is 11.8 Å². The fraction of sp³-hybridized carbons (Fsp3) is 0.583. The number of rotatable bonds is 3. The van der Waals surface area contributed by atoms with Crippen LogP contribution in [-0.2, 0) is 0 Å². The number of likely N-dealkylation sites (tertiary alicyclic amines) is 1. The van der Waals surface area contributed by atoms with Crippen LogP contribution in [0.5, 0.6) is 0 Å². The smallest absolute Gasteiger partial charge is 0.371 e. The van der Waals surface area contributed by atoms with Gasteiger partial charge in [-0.2, -0.15) is 0 Å². The predicted molar refractivity (Wildman–Crippen MR) is 59.5 cm³/mol. The van der Waals surface area contributed by atoms with E-state index < -0.39 is 5.97 Å². The summed E-state index contributed by atoms with van der Waals surface area (Å²) in [5.74, 6) is -0.227. The van der Waals surface area contributed by atoms with Crippen molar-refractivity contribution in [3.63, 3.8) is 0 Å². The highest BCUT2D eigenvalue weighted by Gasteiger charge is 2.21. The van der Waals surface area contributed by atoms with E-state index in [0.717, 1.165) is 18.8 Å². The van der Waals surface area contributed by atoms with Crippen LogP contribution in [0.25, 0.3) is 0 Å². The molecule has 2 rings (SSSR count). The maximum atomic E-state index is 10.7. The normalized spacial score (nSPS) is 19.6. The molecule has 1 aliphatic heterocycles. The Hall–Kier alpha value is -1.29. The molecule has 4 heteroatoms. The Kier molecular flexibility index (Phi) is 3.29. The predicted octanol–water partition coefficient (Wildman–Crippen LogP) is 2.52. The van der Waals surface area contributed by atoms with Crippen LogP contribution in [0.2, 0.25) is 0 Å². The summed E-state index contributed by atoms with van der Waals surface area (Å²) < 4.78 is 5.32. The number of hydrogen-bond acceptors (Lipinski definition) is 3. The van der Waals surface area contributed by atoms with E-state index in [1.165, 1.54) is 25.3 Å². The number of hydrogen-bond donors (Lipinski definition) is 1. The molecular formula is C12H17NO3. The van der Waals surface area contributed by atoms with E-state index in [4.69, 9.17) is 9.52 Å². The highest BCUT2D eigenvalue weighted by molar-refractivity contribution is 5.84. The molecule has 16 heavy (non-hydrogen) atoms. The van der Waals surface area contributed by atoms with Gasteiger partial charge in [0, 0.05) is 0 Å². The van der Waals surface area contributed by atoms with Gasteiger partial charge in [0.1, 0.15) is 5.76 Å². The van der Waals surface area contributed by atoms with Gasteiger partial charge in [-0.25, -0.2) is 4.79 Å². The van der Waals surface area contributed by atoms with Crippen LogP contribution in [0.4, 0.5) is 0 Å². The SMILES string of the molecule is CC(c1ccc(C(=O)O)o1)N1CCCCC1. The quantitative estimate of drug-likeness (QED) is 0.855. The van der Waals surface area contributed by atoms with Gasteiger partial charge in [-0.15, -0.1) is 0 Å². The van der Waals surface area contributed by atoms with Gasteiger partial charge >= 0.3 is 5.97 Å². The Morgan fingerprint density at radius 2 is 2.06 bits per heavy atom. The highest BCUT2D eigenvalue weighted by Crippen LogP contribution is 2.25. The zero-order valence-electron chi connectivity index (χ0n) is 9.48. The minimum atomic E-state index is -1.00. The van der Waals surface area contributed by atoms with Gasteiger partial charge < -0.3 is 9.52 Å². The molecule has 1 aliphatic rings. The summed E-state index contributed by atoms with van der Waals surface area (Å²) >= 11 is 0. The third-order valence-electron chi connectivity index (χ3n) is 3.19. The second kappa shape index (κ2) is 4.70. The Bertz CT molecular complexity index is 366. The van der Waals surface area contributed by atoms with Crippen molar-refractivity contribution < 1.29 is 14.3 Å². The molecule has 0 aromatic carbocycles. The van der Waals surface area contributed by atoms with Crippen molar-refractivity contribution >= 4 is 5.97 Å². The van der Waals surface area contributed by atoms with Crippen molar-refractivity contribution in [3.8, 4) is 0 Å². The average molecular weight is 223 g/mol. The lowest BCUT2D eigenvalue weighted by Crippen LogP contribution is -2.32. The van der Waals surface area contributed by atoms with Crippen molar-refractivity contribution in [2.24, 2.45) is 0 Å². The van der Waals surface area contributed by atoms with Gasteiger partial charge in [-0.3, -0.25) is 4.90 Å². The molecule has 88 valence electrons. The van der Waals surface area contributed by atoms with Crippen molar-refractivity contribution in [1.82, 2.24) is 4.90 Å². The van der Waals surface area contributed by atoms with Crippen molar-refractivity contribution in [2.45, 2.75) is 32.2 Å². The molecular weight excluding hydrogens is 206 g/mol. The maximum absolute atomic E-state index is 10.7. The van der Waals surface area contributed by atoms with Crippen LogP contribution in [0.1, 0.15) is 48.5 Å². The monoisotopic (exact) mass is 223 g/mol. The minimum Gasteiger partial charge on any atom is -0.475 e. The van der Waals surface area contributed by atoms with E-state index in [9.17, 15) is 4.79 Å². The first-order valence-electron chi connectivity index (χ1n) is 5.75. The molecule has 1 fully saturated rings. The number of piperidine rings is 1. The van der Waals surface area contributed by atoms with Crippen LogP contribution in [0.15, 0.2) is 16.5 Å². The minimum absolute atomic E-state index is 0.0267. The number of carboxylic acid groups (broad SMARTS) is 1. The summed E-state index contributed by atoms with van der Waals surface area (Å²) in [5.41, 5.74) is 0. The molecule has 1 saturated heterocycles. The lowest BCUT2D eigenvalue weighted by molar-refractivity contribution is 0.0654. The van der Waals surface area contributed by atoms with Gasteiger partial charge in [-0.05, 0) is 45.0 Å². The highest BCUT2D eigenvalue weighted by atomic mass is 16.4. The lowest BCUT2D eigenvalue weighted by Gasteiger charge is -2.31. The Morgan fingerprint density at radius 3 is 2.62 bits per heavy atom. The molecule has 1 aromatic rings. The van der Waals surface area contributed by atoms with Crippen LogP contribution < -0.4 is 0 Å². The zero-order valence-corrected chi connectivity index (χ0v) is 9.48. The molecule has 1 aromatic heterocycles. The fourth-order valence-corrected chi connectivity index (χ4v) is 2.18. The zero-order chi connectivity index (χ0) is 11.5. The van der Waals surface area contributed by atoms with Gasteiger partial charge in [-0.1, -0.05) is 6.42 Å². The number of furan rings is 1. The van der Waals surface area contributed by atoms with Crippen molar-refractivity contribution in [3.05, 3.63) is 23.7 Å². The molecule has 2 heterocycles. The topological polar surface area (TPSA) is 53.7 Å². The van der Waals surface area contributed by atoms with E-state index in [2.05, 4.69) is 11.8 Å². The maximum Gasteiger partial charge on any atom is 0.371 e. The molecule has 0 saturated carbocycles. The molecule has 4 nitrogen and oxygen atoms in total. The summed E-state index contributed by atoms with van der Waals surface area (Å²) in [4.78, 5) is 13.0. The van der Waals surface area contributed by atoms with Crippen molar-refractivity contribution in [2.75, 3.05) is 13.1 Å². The first-order chi connectivity index (χ1) is 7.68. The standard InChI is InChI=1S/C12H17NO3/c1-9(13-7-3-2-4-8-13)10-5-6-11(16-10)12(14)15/h5-6,9H,2-4,7-8H2,1H3,(H,14,15). The number of nitrogens with zero attached hydrogens (tertiary/aromatic N) is 1. The Balaban J connectivity index is 2.07. The summed E-state index contributed by atoms with van der Waals surface area (Å²) in [5, 5.41) is 8.78. The second-order valence-corrected chi connectivity index (χ2v) is 4.28. The first kappa shape index (κ1) is 11.2. The molecule has 1 unspecified atom stereocenters. The van der Waals surface area contributed by atoms with E-state index >= 15 is 0 Å². The van der Waals surface area contributed by atoms with E-state index in [0.29, 0.717) is 0 Å². The molecule has 1 N–H and O–H groups in total. The molecule has 0 spiro atoms. The van der Waals surface area contributed by atoms with Gasteiger partial charge in [0.15, 0.2) is 0 Å². The van der Waals surface area contributed by atoms with Gasteiger partial charge in [0.25, 0.3) is 0 Å². The average Bonchev–Trinajstić information content (AvgIpc) is 2.78. The first-order valence-corrected chi connectivity index (χ1v) is 5.75. The fourth-order valence-electron chi connectivity index (χ4n) is 2.18. The van der Waals surface area contributed by atoms with Crippen LogP contribution >= 0.6 is 0 Å². The van der Waals surface area contributed by atoms with Crippen LogP contribution in [0.3, 0.4) is 0 Å². The molecule has 1 atom stereocenters. The summed E-state index contributed by atoms with van der Waals surface area (Å²) in [6, 6.07) is 3.47. The van der Waals surface area contributed by atoms with Crippen LogP contribution in [-0.4, -0.2) is 29.1 Å². The lowest BCUT2D eigenvalue weighted by atomic mass is 10.1. The molecule has 0 bridgehead atoms. The Labute approximate surface area is 94.9 Å². The number of carboxylic acids is 1. The number of carbonyl (C=O) groups is 1. The third kappa shape index (κ3) is 2.27. The van der Waals surface area contributed by atoms with Crippen LogP contribution in [0, 0.1) is 0 Å². The van der Waals surface area contributed by atoms with E-state index in [1.807, 2.05) is 0 Å². The number of aromatic carboxylic acids is 1. The third-order valence-corrected chi connectivity index (χ3v) is 3.19. The van der Waals surface area contributed by atoms with E-state index in [1.54, 1.807) is 6.07 Å². The van der Waals surface area contributed by atoms with Gasteiger partial charge in [0.05, 0.1) is 6.04 Å². The molecule has 0 amide bonds. The summed E-state index contributed by atoms with van der Waals surface area (Å²) in [6.07, 6.45) is 3.73. The van der Waals surface area contributed by atoms with Gasteiger partial charge in [0.2, 0.25) is 5.76 Å².